The fraction of sp³-hybridized carbons (Fsp3) is 0.846. The van der Waals surface area contributed by atoms with Gasteiger partial charge in [-0.25, -0.2) is 0 Å². The van der Waals surface area contributed by atoms with Crippen LogP contribution in [0.4, 0.5) is 0 Å². The molecular formula is C13H22N2O4. The van der Waals surface area contributed by atoms with Crippen LogP contribution in [0.15, 0.2) is 0 Å². The Morgan fingerprint density at radius 3 is 2.89 bits per heavy atom. The monoisotopic (exact) mass is 270 g/mol. The molecule has 0 saturated carbocycles. The first-order valence-corrected chi connectivity index (χ1v) is 6.96. The highest BCUT2D eigenvalue weighted by atomic mass is 16.5. The van der Waals surface area contributed by atoms with E-state index >= 15 is 0 Å². The standard InChI is InChI=1S/C13H22N2O4/c1-2-14-11-8-19-7-10(11)12(16)15-5-3-4-9(6-15)13(17)18/h9-11,14H,2-8H2,1H3,(H,17,18)/t9-,10?,11?/m1/s1. The highest BCUT2D eigenvalue weighted by Crippen LogP contribution is 2.22. The molecule has 2 rings (SSSR count). The SMILES string of the molecule is CCNC1COCC1C(=O)N1CCC[C@@H](C(=O)O)C1. The lowest BCUT2D eigenvalue weighted by molar-refractivity contribution is -0.146. The van der Waals surface area contributed by atoms with E-state index in [4.69, 9.17) is 9.84 Å². The molecule has 1 amide bonds. The van der Waals surface area contributed by atoms with Crippen LogP contribution in [0.5, 0.6) is 0 Å². The van der Waals surface area contributed by atoms with E-state index in [2.05, 4.69) is 5.32 Å². The Labute approximate surface area is 113 Å². The van der Waals surface area contributed by atoms with E-state index in [9.17, 15) is 9.59 Å². The summed E-state index contributed by atoms with van der Waals surface area (Å²) in [5, 5.41) is 12.3. The highest BCUT2D eigenvalue weighted by Gasteiger charge is 2.38. The molecule has 0 radical (unpaired) electrons. The normalized spacial score (nSPS) is 31.4. The summed E-state index contributed by atoms with van der Waals surface area (Å²) < 4.78 is 5.38. The third-order valence-corrected chi connectivity index (χ3v) is 3.95. The van der Waals surface area contributed by atoms with Gasteiger partial charge in [-0.05, 0) is 19.4 Å². The smallest absolute Gasteiger partial charge is 0.308 e. The van der Waals surface area contributed by atoms with Crippen molar-refractivity contribution in [3.05, 3.63) is 0 Å². The molecule has 2 heterocycles. The van der Waals surface area contributed by atoms with Crippen molar-refractivity contribution < 1.29 is 19.4 Å². The zero-order valence-electron chi connectivity index (χ0n) is 11.3. The Bertz CT molecular complexity index is 348. The van der Waals surface area contributed by atoms with Gasteiger partial charge in [0.2, 0.25) is 5.91 Å². The number of nitrogens with one attached hydrogen (secondary N) is 1. The van der Waals surface area contributed by atoms with Gasteiger partial charge in [-0.3, -0.25) is 9.59 Å². The van der Waals surface area contributed by atoms with Crippen LogP contribution >= 0.6 is 0 Å². The number of likely N-dealkylation sites (N-methyl/N-ethyl adjacent to an activating group) is 1. The lowest BCUT2D eigenvalue weighted by Crippen LogP contribution is -2.49. The Morgan fingerprint density at radius 2 is 2.21 bits per heavy atom. The predicted molar refractivity (Wildman–Crippen MR) is 68.7 cm³/mol. The number of carboxylic acid groups (broad SMARTS) is 1. The van der Waals surface area contributed by atoms with E-state index in [1.807, 2.05) is 6.92 Å². The molecule has 0 spiro atoms. The maximum atomic E-state index is 12.5. The molecule has 0 aromatic heterocycles. The first-order valence-electron chi connectivity index (χ1n) is 6.96. The van der Waals surface area contributed by atoms with E-state index in [0.29, 0.717) is 32.7 Å². The first-order chi connectivity index (χ1) is 9.13. The van der Waals surface area contributed by atoms with Gasteiger partial charge >= 0.3 is 5.97 Å². The van der Waals surface area contributed by atoms with Crippen molar-refractivity contribution in [2.45, 2.75) is 25.8 Å². The minimum Gasteiger partial charge on any atom is -0.481 e. The second kappa shape index (κ2) is 6.34. The quantitative estimate of drug-likeness (QED) is 0.748. The number of ether oxygens (including phenoxy) is 1. The summed E-state index contributed by atoms with van der Waals surface area (Å²) in [6, 6.07) is 0.0581. The maximum Gasteiger partial charge on any atom is 0.308 e. The number of piperidine rings is 1. The van der Waals surface area contributed by atoms with E-state index in [1.54, 1.807) is 4.90 Å². The number of aliphatic carboxylic acids is 1. The Morgan fingerprint density at radius 1 is 1.42 bits per heavy atom. The van der Waals surface area contributed by atoms with Crippen molar-refractivity contribution in [2.24, 2.45) is 11.8 Å². The van der Waals surface area contributed by atoms with Crippen LogP contribution in [0.3, 0.4) is 0 Å². The minimum absolute atomic E-state index is 0.0365. The van der Waals surface area contributed by atoms with Gasteiger partial charge in [0.15, 0.2) is 0 Å². The number of hydrogen-bond acceptors (Lipinski definition) is 4. The third kappa shape index (κ3) is 3.25. The van der Waals surface area contributed by atoms with E-state index in [1.165, 1.54) is 0 Å². The number of carbonyl (C=O) groups excluding carboxylic acids is 1. The van der Waals surface area contributed by atoms with Crippen molar-refractivity contribution in [3.63, 3.8) is 0 Å². The zero-order chi connectivity index (χ0) is 13.8. The molecule has 2 saturated heterocycles. The lowest BCUT2D eigenvalue weighted by atomic mass is 9.95. The summed E-state index contributed by atoms with van der Waals surface area (Å²) in [4.78, 5) is 25.2. The van der Waals surface area contributed by atoms with E-state index in [0.717, 1.165) is 13.0 Å². The Balaban J connectivity index is 1.96. The average molecular weight is 270 g/mol. The minimum atomic E-state index is -0.802. The summed E-state index contributed by atoms with van der Waals surface area (Å²) >= 11 is 0. The van der Waals surface area contributed by atoms with E-state index < -0.39 is 11.9 Å². The summed E-state index contributed by atoms with van der Waals surface area (Å²) in [6.45, 7) is 4.80. The van der Waals surface area contributed by atoms with E-state index in [-0.39, 0.29) is 17.9 Å². The van der Waals surface area contributed by atoms with Crippen molar-refractivity contribution in [2.75, 3.05) is 32.8 Å². The van der Waals surface area contributed by atoms with Gasteiger partial charge in [0.05, 0.1) is 25.0 Å². The molecule has 0 aliphatic carbocycles. The molecule has 0 bridgehead atoms. The molecule has 2 fully saturated rings. The number of amides is 1. The number of likely N-dealkylation sites (tertiary alicyclic amines) is 1. The van der Waals surface area contributed by atoms with Crippen molar-refractivity contribution in [1.29, 1.82) is 0 Å². The first kappa shape index (κ1) is 14.3. The highest BCUT2D eigenvalue weighted by molar-refractivity contribution is 5.81. The molecule has 2 aliphatic rings. The van der Waals surface area contributed by atoms with Gasteiger partial charge in [-0.2, -0.15) is 0 Å². The molecule has 19 heavy (non-hydrogen) atoms. The third-order valence-electron chi connectivity index (χ3n) is 3.95. The summed E-state index contributed by atoms with van der Waals surface area (Å²) in [7, 11) is 0. The molecule has 108 valence electrons. The molecule has 2 aliphatic heterocycles. The number of carbonyl (C=O) groups is 2. The van der Waals surface area contributed by atoms with Gasteiger partial charge in [0.1, 0.15) is 0 Å². The Hall–Kier alpha value is -1.14. The fourth-order valence-corrected chi connectivity index (χ4v) is 2.87. The van der Waals surface area contributed by atoms with Gasteiger partial charge in [0, 0.05) is 19.1 Å². The van der Waals surface area contributed by atoms with Crippen LogP contribution in [-0.4, -0.2) is 60.8 Å². The van der Waals surface area contributed by atoms with Crippen molar-refractivity contribution in [1.82, 2.24) is 10.2 Å². The number of carboxylic acids is 1. The fourth-order valence-electron chi connectivity index (χ4n) is 2.87. The Kier molecular flexibility index (Phi) is 4.76. The number of nitrogens with zero attached hydrogens (tertiary/aromatic N) is 1. The average Bonchev–Trinajstić information content (AvgIpc) is 2.86. The molecule has 0 aromatic rings. The van der Waals surface area contributed by atoms with Gasteiger partial charge in [-0.15, -0.1) is 0 Å². The van der Waals surface area contributed by atoms with Crippen LogP contribution in [0.25, 0.3) is 0 Å². The maximum absolute atomic E-state index is 12.5. The molecule has 3 atom stereocenters. The second-order valence-electron chi connectivity index (χ2n) is 5.27. The molecular weight excluding hydrogens is 248 g/mol. The molecule has 2 unspecified atom stereocenters. The second-order valence-corrected chi connectivity index (χ2v) is 5.27. The number of hydrogen-bond donors (Lipinski definition) is 2. The summed E-state index contributed by atoms with van der Waals surface area (Å²) in [6.07, 6.45) is 1.43. The summed E-state index contributed by atoms with van der Waals surface area (Å²) in [5.41, 5.74) is 0. The molecule has 6 heteroatoms. The van der Waals surface area contributed by atoms with Crippen LogP contribution in [0.1, 0.15) is 19.8 Å². The van der Waals surface area contributed by atoms with Gasteiger partial charge in [-0.1, -0.05) is 6.92 Å². The van der Waals surface area contributed by atoms with Crippen molar-refractivity contribution >= 4 is 11.9 Å². The van der Waals surface area contributed by atoms with Gasteiger partial charge in [0.25, 0.3) is 0 Å². The van der Waals surface area contributed by atoms with Gasteiger partial charge < -0.3 is 20.1 Å². The summed E-state index contributed by atoms with van der Waals surface area (Å²) in [5.74, 6) is -1.36. The number of rotatable bonds is 4. The molecule has 6 nitrogen and oxygen atoms in total. The molecule has 2 N–H and O–H groups in total. The predicted octanol–water partition coefficient (Wildman–Crippen LogP) is -0.0659. The molecule has 0 aromatic carbocycles. The van der Waals surface area contributed by atoms with Crippen LogP contribution in [0.2, 0.25) is 0 Å². The van der Waals surface area contributed by atoms with Crippen molar-refractivity contribution in [3.8, 4) is 0 Å². The largest absolute Gasteiger partial charge is 0.481 e. The lowest BCUT2D eigenvalue weighted by Gasteiger charge is -2.33. The van der Waals surface area contributed by atoms with Crippen LogP contribution < -0.4 is 5.32 Å². The van der Waals surface area contributed by atoms with Crippen LogP contribution in [0, 0.1) is 11.8 Å². The topological polar surface area (TPSA) is 78.9 Å². The zero-order valence-corrected chi connectivity index (χ0v) is 11.3. The van der Waals surface area contributed by atoms with Crippen LogP contribution in [-0.2, 0) is 14.3 Å².